The number of rotatable bonds is 7. The van der Waals surface area contributed by atoms with E-state index in [0.29, 0.717) is 11.5 Å². The van der Waals surface area contributed by atoms with Gasteiger partial charge < -0.3 is 4.74 Å². The van der Waals surface area contributed by atoms with Crippen LogP contribution >= 0.6 is 0 Å². The molecule has 0 amide bonds. The third kappa shape index (κ3) is 5.37. The summed E-state index contributed by atoms with van der Waals surface area (Å²) in [5.41, 5.74) is 1.57. The summed E-state index contributed by atoms with van der Waals surface area (Å²) in [5, 5.41) is 0. The number of halogens is 2. The summed E-state index contributed by atoms with van der Waals surface area (Å²) < 4.78 is 31.4. The molecule has 0 N–H and O–H groups in total. The molecule has 0 aliphatic heterocycles. The molecule has 0 radical (unpaired) electrons. The van der Waals surface area contributed by atoms with Crippen LogP contribution < -0.4 is 4.74 Å². The zero-order valence-corrected chi connectivity index (χ0v) is 16.3. The van der Waals surface area contributed by atoms with Gasteiger partial charge in [-0.2, -0.15) is 13.8 Å². The van der Waals surface area contributed by atoms with E-state index in [2.05, 4.69) is 11.9 Å². The first-order valence-electron chi connectivity index (χ1n) is 10.2. The fourth-order valence-electron chi connectivity index (χ4n) is 3.99. The molecule has 1 aromatic carbocycles. The summed E-state index contributed by atoms with van der Waals surface area (Å²) in [6.45, 7) is 2.24. The van der Waals surface area contributed by atoms with Gasteiger partial charge in [-0.1, -0.05) is 44.7 Å². The van der Waals surface area contributed by atoms with Crippen LogP contribution in [0.15, 0.2) is 36.4 Å². The Morgan fingerprint density at radius 2 is 1.75 bits per heavy atom. The largest absolute Gasteiger partial charge is 0.418 e. The fourth-order valence-corrected chi connectivity index (χ4v) is 3.99. The molecular formula is C23H27F2NO2. The molecule has 3 nitrogen and oxygen atoms in total. The molecule has 2 aromatic rings. The fraction of sp³-hybridized carbons (Fsp3) is 0.478. The first-order chi connectivity index (χ1) is 13.6. The summed E-state index contributed by atoms with van der Waals surface area (Å²) in [6.07, 6.45) is 10.2. The predicted octanol–water partition coefficient (Wildman–Crippen LogP) is 6.43. The molecule has 0 spiro atoms. The van der Waals surface area contributed by atoms with Crippen LogP contribution in [-0.4, -0.2) is 11.0 Å². The van der Waals surface area contributed by atoms with Crippen LogP contribution in [0.5, 0.6) is 5.75 Å². The Hall–Kier alpha value is -2.30. The first kappa shape index (κ1) is 20.4. The number of nitrogens with zero attached hydrogens (tertiary/aromatic N) is 1. The van der Waals surface area contributed by atoms with E-state index in [9.17, 15) is 13.6 Å². The monoisotopic (exact) mass is 387 g/mol. The second kappa shape index (κ2) is 9.76. The van der Waals surface area contributed by atoms with Gasteiger partial charge in [-0.25, -0.2) is 4.79 Å². The summed E-state index contributed by atoms with van der Waals surface area (Å²) in [5.74, 6) is -1.76. The lowest BCUT2D eigenvalue weighted by Crippen LogP contribution is -2.14. The van der Waals surface area contributed by atoms with Crippen molar-refractivity contribution in [2.24, 2.45) is 5.92 Å². The van der Waals surface area contributed by atoms with E-state index < -0.39 is 17.9 Å². The van der Waals surface area contributed by atoms with Crippen molar-refractivity contribution in [1.82, 2.24) is 4.98 Å². The zero-order chi connectivity index (χ0) is 19.9. The van der Waals surface area contributed by atoms with Crippen LogP contribution in [0, 0.1) is 17.8 Å². The van der Waals surface area contributed by atoms with E-state index in [-0.39, 0.29) is 5.75 Å². The average Bonchev–Trinajstić information content (AvgIpc) is 2.71. The summed E-state index contributed by atoms with van der Waals surface area (Å²) in [7, 11) is 0. The van der Waals surface area contributed by atoms with Crippen LogP contribution in [0.2, 0.25) is 0 Å². The van der Waals surface area contributed by atoms with Gasteiger partial charge in [0.2, 0.25) is 5.95 Å². The van der Waals surface area contributed by atoms with Gasteiger partial charge in [-0.3, -0.25) is 0 Å². The zero-order valence-electron chi connectivity index (χ0n) is 16.3. The SMILES string of the molecule is CCCCCC1CCC(c2ccc(C(=O)Oc3ccc(F)nc3F)cc2)CC1. The number of carbonyl (C=O) groups is 1. The molecule has 1 saturated carbocycles. The van der Waals surface area contributed by atoms with E-state index >= 15 is 0 Å². The van der Waals surface area contributed by atoms with Crippen molar-refractivity contribution in [3.05, 3.63) is 59.4 Å². The topological polar surface area (TPSA) is 39.2 Å². The van der Waals surface area contributed by atoms with Crippen molar-refractivity contribution in [2.75, 3.05) is 0 Å². The lowest BCUT2D eigenvalue weighted by Gasteiger charge is -2.29. The normalized spacial score (nSPS) is 19.4. The molecule has 150 valence electrons. The molecule has 0 bridgehead atoms. The van der Waals surface area contributed by atoms with Gasteiger partial charge >= 0.3 is 5.97 Å². The van der Waals surface area contributed by atoms with Crippen LogP contribution in [0.25, 0.3) is 0 Å². The lowest BCUT2D eigenvalue weighted by molar-refractivity contribution is 0.0725. The Kier molecular flexibility index (Phi) is 7.12. The van der Waals surface area contributed by atoms with Crippen molar-refractivity contribution in [3.63, 3.8) is 0 Å². The quantitative estimate of drug-likeness (QED) is 0.312. The highest BCUT2D eigenvalue weighted by Gasteiger charge is 2.22. The molecule has 1 aliphatic rings. The summed E-state index contributed by atoms with van der Waals surface area (Å²) >= 11 is 0. The highest BCUT2D eigenvalue weighted by molar-refractivity contribution is 5.91. The van der Waals surface area contributed by atoms with Crippen molar-refractivity contribution < 1.29 is 18.3 Å². The van der Waals surface area contributed by atoms with Gasteiger partial charge in [0.05, 0.1) is 5.56 Å². The van der Waals surface area contributed by atoms with E-state index in [1.165, 1.54) is 56.9 Å². The maximum atomic E-state index is 13.5. The van der Waals surface area contributed by atoms with Crippen molar-refractivity contribution in [1.29, 1.82) is 0 Å². The van der Waals surface area contributed by atoms with Crippen molar-refractivity contribution in [2.45, 2.75) is 64.2 Å². The van der Waals surface area contributed by atoms with E-state index in [0.717, 1.165) is 18.1 Å². The van der Waals surface area contributed by atoms with E-state index in [1.807, 2.05) is 12.1 Å². The van der Waals surface area contributed by atoms with Gasteiger partial charge in [0.15, 0.2) is 5.75 Å². The maximum Gasteiger partial charge on any atom is 0.343 e. The molecule has 0 atom stereocenters. The molecule has 0 saturated heterocycles. The molecule has 28 heavy (non-hydrogen) atoms. The van der Waals surface area contributed by atoms with Crippen molar-refractivity contribution >= 4 is 5.97 Å². The van der Waals surface area contributed by atoms with Gasteiger partial charge in [0.1, 0.15) is 0 Å². The second-order valence-corrected chi connectivity index (χ2v) is 7.65. The third-order valence-corrected chi connectivity index (χ3v) is 5.66. The molecule has 1 aromatic heterocycles. The van der Waals surface area contributed by atoms with E-state index in [4.69, 9.17) is 4.74 Å². The maximum absolute atomic E-state index is 13.5. The van der Waals surface area contributed by atoms with Crippen LogP contribution in [0.3, 0.4) is 0 Å². The standard InChI is InChI=1S/C23H27F2NO2/c1-2-3-4-5-16-6-8-17(9-7-16)18-10-12-19(13-11-18)23(27)28-20-14-15-21(24)26-22(20)25/h10-17H,2-9H2,1H3. The lowest BCUT2D eigenvalue weighted by atomic mass is 9.77. The minimum Gasteiger partial charge on any atom is -0.418 e. The van der Waals surface area contributed by atoms with E-state index in [1.54, 1.807) is 12.1 Å². The van der Waals surface area contributed by atoms with Crippen LogP contribution in [0.1, 0.15) is 80.1 Å². The first-order valence-corrected chi connectivity index (χ1v) is 10.2. The third-order valence-electron chi connectivity index (χ3n) is 5.66. The molecule has 3 rings (SSSR count). The highest BCUT2D eigenvalue weighted by Crippen LogP contribution is 2.37. The van der Waals surface area contributed by atoms with Gasteiger partial charge in [-0.15, -0.1) is 0 Å². The van der Waals surface area contributed by atoms with Gasteiger partial charge in [0.25, 0.3) is 5.95 Å². The number of carbonyl (C=O) groups excluding carboxylic acids is 1. The average molecular weight is 387 g/mol. The molecule has 1 heterocycles. The number of hydrogen-bond acceptors (Lipinski definition) is 3. The molecule has 1 fully saturated rings. The number of unbranched alkanes of at least 4 members (excludes halogenated alkanes) is 2. The molecule has 1 aliphatic carbocycles. The highest BCUT2D eigenvalue weighted by atomic mass is 19.1. The Balaban J connectivity index is 1.54. The Morgan fingerprint density at radius 1 is 1.04 bits per heavy atom. The smallest absolute Gasteiger partial charge is 0.343 e. The number of ether oxygens (including phenoxy) is 1. The number of hydrogen-bond donors (Lipinski definition) is 0. The van der Waals surface area contributed by atoms with Crippen LogP contribution in [0.4, 0.5) is 8.78 Å². The molecular weight excluding hydrogens is 360 g/mol. The van der Waals surface area contributed by atoms with Crippen molar-refractivity contribution in [3.8, 4) is 5.75 Å². The van der Waals surface area contributed by atoms with Gasteiger partial charge in [0, 0.05) is 0 Å². The Morgan fingerprint density at radius 3 is 2.39 bits per heavy atom. The second-order valence-electron chi connectivity index (χ2n) is 7.65. The number of pyridine rings is 1. The molecule has 5 heteroatoms. The number of aromatic nitrogens is 1. The van der Waals surface area contributed by atoms with Crippen LogP contribution in [-0.2, 0) is 0 Å². The number of esters is 1. The predicted molar refractivity (Wildman–Crippen MR) is 104 cm³/mol. The summed E-state index contributed by atoms with van der Waals surface area (Å²) in [6, 6.07) is 9.34. The minimum atomic E-state index is -1.14. The molecule has 0 unspecified atom stereocenters. The van der Waals surface area contributed by atoms with Gasteiger partial charge in [-0.05, 0) is 67.3 Å². The minimum absolute atomic E-state index is 0.334. The number of benzene rings is 1. The Labute approximate surface area is 165 Å². The Bertz CT molecular complexity index is 784. The summed E-state index contributed by atoms with van der Waals surface area (Å²) in [4.78, 5) is 15.2.